The van der Waals surface area contributed by atoms with Crippen molar-refractivity contribution < 1.29 is 19.0 Å². The molecule has 0 radical (unpaired) electrons. The van der Waals surface area contributed by atoms with Gasteiger partial charge in [0.1, 0.15) is 17.5 Å². The molecule has 0 bridgehead atoms. The number of amides is 1. The maximum absolute atomic E-state index is 12.2. The summed E-state index contributed by atoms with van der Waals surface area (Å²) in [5, 5.41) is 0. The standard InChI is InChI=1S/C26H34N2O4/c1-26(2,3)32-25(29)28-15-13-27(14-16-28)21-9-11-22(12-10-21)31-24-17-23(18-24)30-19-20-7-5-4-6-8-20/h4-12,23-24H,13-19H2,1-3H3. The predicted molar refractivity (Wildman–Crippen MR) is 125 cm³/mol. The molecule has 6 heteroatoms. The fourth-order valence-electron chi connectivity index (χ4n) is 3.94. The molecule has 4 rings (SSSR count). The summed E-state index contributed by atoms with van der Waals surface area (Å²) in [6.07, 6.45) is 2.13. The molecule has 2 aromatic rings. The van der Waals surface area contributed by atoms with Gasteiger partial charge in [-0.3, -0.25) is 0 Å². The molecular formula is C26H34N2O4. The van der Waals surface area contributed by atoms with E-state index in [1.165, 1.54) is 5.56 Å². The third kappa shape index (κ3) is 6.16. The quantitative estimate of drug-likeness (QED) is 0.644. The van der Waals surface area contributed by atoms with Crippen molar-refractivity contribution in [2.75, 3.05) is 31.1 Å². The molecule has 1 heterocycles. The van der Waals surface area contributed by atoms with Gasteiger partial charge in [0.05, 0.1) is 12.7 Å². The van der Waals surface area contributed by atoms with Crippen molar-refractivity contribution in [2.45, 2.75) is 58.0 Å². The molecule has 2 fully saturated rings. The van der Waals surface area contributed by atoms with Crippen LogP contribution >= 0.6 is 0 Å². The van der Waals surface area contributed by atoms with Crippen molar-refractivity contribution in [3.8, 4) is 5.75 Å². The Labute approximate surface area is 191 Å². The number of anilines is 1. The van der Waals surface area contributed by atoms with E-state index in [1.807, 2.05) is 51.1 Å². The maximum atomic E-state index is 12.2. The molecule has 0 spiro atoms. The van der Waals surface area contributed by atoms with Crippen LogP contribution < -0.4 is 9.64 Å². The van der Waals surface area contributed by atoms with E-state index in [4.69, 9.17) is 14.2 Å². The molecule has 1 saturated carbocycles. The first-order valence-electron chi connectivity index (χ1n) is 11.5. The average Bonchev–Trinajstić information content (AvgIpc) is 2.75. The molecule has 172 valence electrons. The zero-order valence-electron chi connectivity index (χ0n) is 19.3. The van der Waals surface area contributed by atoms with Gasteiger partial charge in [-0.15, -0.1) is 0 Å². The second-order valence-corrected chi connectivity index (χ2v) is 9.58. The molecule has 0 N–H and O–H groups in total. The molecular weight excluding hydrogens is 404 g/mol. The van der Waals surface area contributed by atoms with Gasteiger partial charge in [-0.1, -0.05) is 30.3 Å². The lowest BCUT2D eigenvalue weighted by molar-refractivity contribution is -0.0683. The lowest BCUT2D eigenvalue weighted by Crippen LogP contribution is -2.50. The minimum atomic E-state index is -0.460. The third-order valence-electron chi connectivity index (χ3n) is 5.82. The fraction of sp³-hybridized carbons (Fsp3) is 0.500. The number of nitrogens with zero attached hydrogens (tertiary/aromatic N) is 2. The molecule has 0 aromatic heterocycles. The van der Waals surface area contributed by atoms with Crippen LogP contribution in [0.5, 0.6) is 5.75 Å². The van der Waals surface area contributed by atoms with Gasteiger partial charge >= 0.3 is 6.09 Å². The highest BCUT2D eigenvalue weighted by molar-refractivity contribution is 5.68. The van der Waals surface area contributed by atoms with Crippen LogP contribution in [0.4, 0.5) is 10.5 Å². The fourth-order valence-corrected chi connectivity index (χ4v) is 3.94. The van der Waals surface area contributed by atoms with E-state index >= 15 is 0 Å². The smallest absolute Gasteiger partial charge is 0.410 e. The summed E-state index contributed by atoms with van der Waals surface area (Å²) in [6.45, 7) is 9.27. The van der Waals surface area contributed by atoms with Crippen LogP contribution in [0, 0.1) is 0 Å². The third-order valence-corrected chi connectivity index (χ3v) is 5.82. The van der Waals surface area contributed by atoms with Gasteiger partial charge in [0.15, 0.2) is 0 Å². The molecule has 1 aliphatic carbocycles. The van der Waals surface area contributed by atoms with Crippen molar-refractivity contribution >= 4 is 11.8 Å². The van der Waals surface area contributed by atoms with Gasteiger partial charge in [0.2, 0.25) is 0 Å². The van der Waals surface area contributed by atoms with Crippen LogP contribution in [0.25, 0.3) is 0 Å². The van der Waals surface area contributed by atoms with Crippen molar-refractivity contribution in [1.29, 1.82) is 0 Å². The lowest BCUT2D eigenvalue weighted by atomic mass is 9.92. The van der Waals surface area contributed by atoms with Crippen LogP contribution in [0.15, 0.2) is 54.6 Å². The van der Waals surface area contributed by atoms with Gasteiger partial charge < -0.3 is 24.0 Å². The van der Waals surface area contributed by atoms with E-state index in [2.05, 4.69) is 29.2 Å². The Morgan fingerprint density at radius 3 is 2.19 bits per heavy atom. The minimum Gasteiger partial charge on any atom is -0.490 e. The van der Waals surface area contributed by atoms with E-state index < -0.39 is 5.60 Å². The monoisotopic (exact) mass is 438 g/mol. The van der Waals surface area contributed by atoms with Crippen LogP contribution in [0.3, 0.4) is 0 Å². The second-order valence-electron chi connectivity index (χ2n) is 9.58. The highest BCUT2D eigenvalue weighted by atomic mass is 16.6. The summed E-state index contributed by atoms with van der Waals surface area (Å²) < 4.78 is 17.5. The summed E-state index contributed by atoms with van der Waals surface area (Å²) in [5.41, 5.74) is 1.90. The average molecular weight is 439 g/mol. The Morgan fingerprint density at radius 1 is 0.906 bits per heavy atom. The van der Waals surface area contributed by atoms with Gasteiger partial charge in [-0.2, -0.15) is 0 Å². The largest absolute Gasteiger partial charge is 0.490 e. The molecule has 6 nitrogen and oxygen atoms in total. The Morgan fingerprint density at radius 2 is 1.56 bits per heavy atom. The highest BCUT2D eigenvalue weighted by Gasteiger charge is 2.32. The first kappa shape index (κ1) is 22.5. The molecule has 2 aromatic carbocycles. The van der Waals surface area contributed by atoms with E-state index in [0.717, 1.165) is 37.4 Å². The highest BCUT2D eigenvalue weighted by Crippen LogP contribution is 2.30. The second kappa shape index (κ2) is 9.82. The van der Waals surface area contributed by atoms with Crippen LogP contribution in [0.2, 0.25) is 0 Å². The Kier molecular flexibility index (Phi) is 6.89. The zero-order valence-corrected chi connectivity index (χ0v) is 19.3. The number of piperazine rings is 1. The van der Waals surface area contributed by atoms with E-state index in [0.29, 0.717) is 19.7 Å². The molecule has 0 atom stereocenters. The summed E-state index contributed by atoms with van der Waals surface area (Å²) in [5.74, 6) is 0.896. The Hall–Kier alpha value is -2.73. The van der Waals surface area contributed by atoms with Crippen molar-refractivity contribution in [1.82, 2.24) is 4.90 Å². The first-order valence-corrected chi connectivity index (χ1v) is 11.5. The van der Waals surface area contributed by atoms with Crippen molar-refractivity contribution in [2.24, 2.45) is 0 Å². The van der Waals surface area contributed by atoms with Crippen molar-refractivity contribution in [3.05, 3.63) is 60.2 Å². The van der Waals surface area contributed by atoms with Gasteiger partial charge in [-0.05, 0) is 50.6 Å². The van der Waals surface area contributed by atoms with Gasteiger partial charge in [0, 0.05) is 44.7 Å². The van der Waals surface area contributed by atoms with Crippen molar-refractivity contribution in [3.63, 3.8) is 0 Å². The maximum Gasteiger partial charge on any atom is 0.410 e. The Balaban J connectivity index is 1.17. The first-order chi connectivity index (χ1) is 15.4. The van der Waals surface area contributed by atoms with Crippen LogP contribution in [-0.2, 0) is 16.1 Å². The number of carbonyl (C=O) groups is 1. The Bertz CT molecular complexity index is 865. The van der Waals surface area contributed by atoms with Gasteiger partial charge in [0.25, 0.3) is 0 Å². The number of hydrogen-bond donors (Lipinski definition) is 0. The topological polar surface area (TPSA) is 51.2 Å². The molecule has 1 saturated heterocycles. The number of rotatable bonds is 6. The summed E-state index contributed by atoms with van der Waals surface area (Å²) >= 11 is 0. The molecule has 32 heavy (non-hydrogen) atoms. The molecule has 1 amide bonds. The molecule has 1 aliphatic heterocycles. The van der Waals surface area contributed by atoms with Gasteiger partial charge in [-0.25, -0.2) is 4.79 Å². The summed E-state index contributed by atoms with van der Waals surface area (Å²) in [7, 11) is 0. The van der Waals surface area contributed by atoms with E-state index in [9.17, 15) is 4.79 Å². The minimum absolute atomic E-state index is 0.221. The normalized spacial score (nSPS) is 21.1. The SMILES string of the molecule is CC(C)(C)OC(=O)N1CCN(c2ccc(OC3CC(OCc4ccccc4)C3)cc2)CC1. The van der Waals surface area contributed by atoms with E-state index in [1.54, 1.807) is 4.90 Å². The predicted octanol–water partition coefficient (Wildman–Crippen LogP) is 4.87. The molecule has 0 unspecified atom stereocenters. The molecule has 2 aliphatic rings. The number of hydrogen-bond acceptors (Lipinski definition) is 5. The van der Waals surface area contributed by atoms with E-state index in [-0.39, 0.29) is 18.3 Å². The summed E-state index contributed by atoms with van der Waals surface area (Å²) in [4.78, 5) is 16.3. The lowest BCUT2D eigenvalue weighted by Gasteiger charge is -2.37. The summed E-state index contributed by atoms with van der Waals surface area (Å²) in [6, 6.07) is 18.5. The van der Waals surface area contributed by atoms with Crippen LogP contribution in [0.1, 0.15) is 39.2 Å². The number of ether oxygens (including phenoxy) is 3. The van der Waals surface area contributed by atoms with Crippen LogP contribution in [-0.4, -0.2) is 55.0 Å². The zero-order chi connectivity index (χ0) is 22.6. The number of carbonyl (C=O) groups excluding carboxylic acids is 1. The number of benzene rings is 2.